The van der Waals surface area contributed by atoms with E-state index in [9.17, 15) is 18.0 Å². The predicted molar refractivity (Wildman–Crippen MR) is 73.9 cm³/mol. The molecule has 0 aliphatic heterocycles. The topological polar surface area (TPSA) is 113 Å². The summed E-state index contributed by atoms with van der Waals surface area (Å²) in [6.45, 7) is 1.59. The zero-order valence-corrected chi connectivity index (χ0v) is 12.4. The summed E-state index contributed by atoms with van der Waals surface area (Å²) < 4.78 is 30.8. The van der Waals surface area contributed by atoms with Crippen LogP contribution in [-0.2, 0) is 21.5 Å². The largest absolute Gasteiger partial charge is 0.478 e. The summed E-state index contributed by atoms with van der Waals surface area (Å²) >= 11 is 0. The lowest BCUT2D eigenvalue weighted by atomic mass is 10.1. The Morgan fingerprint density at radius 1 is 1.29 bits per heavy atom. The number of carbonyl (C=O) groups is 2. The Balaban J connectivity index is 2.73. The van der Waals surface area contributed by atoms with Gasteiger partial charge in [-0.1, -0.05) is 12.1 Å². The zero-order chi connectivity index (χ0) is 16.0. The Morgan fingerprint density at radius 2 is 1.86 bits per heavy atom. The number of carbonyl (C=O) groups excluding carboxylic acids is 1. The van der Waals surface area contributed by atoms with Gasteiger partial charge in [0, 0.05) is 13.6 Å². The van der Waals surface area contributed by atoms with Gasteiger partial charge < -0.3 is 9.84 Å². The summed E-state index contributed by atoms with van der Waals surface area (Å²) in [6.07, 6.45) is -1.05. The molecule has 0 aliphatic rings. The zero-order valence-electron chi connectivity index (χ0n) is 11.6. The number of hydrogen-bond acceptors (Lipinski definition) is 5. The molecule has 1 rings (SSSR count). The molecule has 1 aromatic carbocycles. The Labute approximate surface area is 122 Å². The number of aromatic carboxylic acids is 1. The summed E-state index contributed by atoms with van der Waals surface area (Å²) in [5, 5.41) is 8.77. The third-order valence-corrected chi connectivity index (χ3v) is 3.88. The number of amides is 1. The molecule has 1 amide bonds. The second kappa shape index (κ2) is 7.04. The standard InChI is InChI=1S/C12H16N2O6S/c1-3-20-12(17)13-21(18,19)14(2)8-9-4-6-10(7-5-9)11(15)16/h4-7H,3,8H2,1-2H3,(H,13,17)(H,15,16). The van der Waals surface area contributed by atoms with Gasteiger partial charge in [-0.3, -0.25) is 0 Å². The van der Waals surface area contributed by atoms with Crippen LogP contribution in [0.3, 0.4) is 0 Å². The number of rotatable bonds is 6. The SMILES string of the molecule is CCOC(=O)NS(=O)(=O)N(C)Cc1ccc(C(=O)O)cc1. The highest BCUT2D eigenvalue weighted by atomic mass is 32.2. The number of nitrogens with zero attached hydrogens (tertiary/aromatic N) is 1. The first-order valence-electron chi connectivity index (χ1n) is 5.99. The van der Waals surface area contributed by atoms with Crippen molar-refractivity contribution in [2.24, 2.45) is 0 Å². The Bertz CT molecular complexity index is 611. The van der Waals surface area contributed by atoms with Crippen molar-refractivity contribution in [2.45, 2.75) is 13.5 Å². The van der Waals surface area contributed by atoms with Gasteiger partial charge in [0.05, 0.1) is 12.2 Å². The van der Waals surface area contributed by atoms with Crippen LogP contribution in [0.5, 0.6) is 0 Å². The average molecular weight is 316 g/mol. The van der Waals surface area contributed by atoms with Crippen LogP contribution in [0.25, 0.3) is 0 Å². The third kappa shape index (κ3) is 5.04. The lowest BCUT2D eigenvalue weighted by Gasteiger charge is -2.17. The number of ether oxygens (including phenoxy) is 1. The maximum atomic E-state index is 11.8. The van der Waals surface area contributed by atoms with Crippen LogP contribution < -0.4 is 4.72 Å². The van der Waals surface area contributed by atoms with Gasteiger partial charge in [-0.25, -0.2) is 14.3 Å². The van der Waals surface area contributed by atoms with Gasteiger partial charge in [0.2, 0.25) is 0 Å². The molecule has 0 aromatic heterocycles. The normalized spacial score (nSPS) is 11.2. The van der Waals surface area contributed by atoms with Crippen molar-refractivity contribution in [3.05, 3.63) is 35.4 Å². The van der Waals surface area contributed by atoms with E-state index in [4.69, 9.17) is 5.11 Å². The second-order valence-electron chi connectivity index (χ2n) is 4.09. The molecule has 0 spiro atoms. The summed E-state index contributed by atoms with van der Waals surface area (Å²) in [5.74, 6) is -1.06. The van der Waals surface area contributed by atoms with Gasteiger partial charge in [-0.05, 0) is 24.6 Å². The molecule has 0 saturated heterocycles. The van der Waals surface area contributed by atoms with Crippen molar-refractivity contribution in [2.75, 3.05) is 13.7 Å². The van der Waals surface area contributed by atoms with Crippen LogP contribution in [-0.4, -0.2) is 43.5 Å². The van der Waals surface area contributed by atoms with Crippen LogP contribution in [0.4, 0.5) is 4.79 Å². The molecular weight excluding hydrogens is 300 g/mol. The Kier molecular flexibility index (Phi) is 5.68. The molecule has 116 valence electrons. The summed E-state index contributed by atoms with van der Waals surface area (Å²) in [6, 6.07) is 5.74. The molecular formula is C12H16N2O6S. The number of benzene rings is 1. The highest BCUT2D eigenvalue weighted by Gasteiger charge is 2.21. The highest BCUT2D eigenvalue weighted by Crippen LogP contribution is 2.09. The van der Waals surface area contributed by atoms with Gasteiger partial charge >= 0.3 is 22.3 Å². The van der Waals surface area contributed by atoms with E-state index in [0.29, 0.717) is 5.56 Å². The van der Waals surface area contributed by atoms with Crippen LogP contribution >= 0.6 is 0 Å². The number of hydrogen-bond donors (Lipinski definition) is 2. The first-order valence-corrected chi connectivity index (χ1v) is 7.43. The minimum atomic E-state index is -4.01. The van der Waals surface area contributed by atoms with Gasteiger partial charge in [-0.2, -0.15) is 12.7 Å². The Morgan fingerprint density at radius 3 is 2.33 bits per heavy atom. The fraction of sp³-hybridized carbons (Fsp3) is 0.333. The predicted octanol–water partition coefficient (Wildman–Crippen LogP) is 0.807. The first kappa shape index (κ1) is 16.9. The molecule has 0 atom stereocenters. The van der Waals surface area contributed by atoms with Crippen LogP contribution in [0, 0.1) is 0 Å². The van der Waals surface area contributed by atoms with E-state index < -0.39 is 22.3 Å². The van der Waals surface area contributed by atoms with Crippen molar-refractivity contribution in [1.29, 1.82) is 0 Å². The second-order valence-corrected chi connectivity index (χ2v) is 5.86. The van der Waals surface area contributed by atoms with Crippen molar-refractivity contribution in [1.82, 2.24) is 9.03 Å². The van der Waals surface area contributed by atoms with Crippen LogP contribution in [0.1, 0.15) is 22.8 Å². The molecule has 0 bridgehead atoms. The van der Waals surface area contributed by atoms with E-state index in [1.165, 1.54) is 31.3 Å². The summed E-state index contributed by atoms with van der Waals surface area (Å²) in [5.41, 5.74) is 0.686. The van der Waals surface area contributed by atoms with E-state index in [1.54, 1.807) is 11.6 Å². The van der Waals surface area contributed by atoms with Gasteiger partial charge in [0.15, 0.2) is 0 Å². The molecule has 2 N–H and O–H groups in total. The lowest BCUT2D eigenvalue weighted by molar-refractivity contribution is 0.0696. The van der Waals surface area contributed by atoms with E-state index in [1.807, 2.05) is 0 Å². The molecule has 0 heterocycles. The fourth-order valence-electron chi connectivity index (χ4n) is 1.44. The van der Waals surface area contributed by atoms with Gasteiger partial charge in [0.1, 0.15) is 0 Å². The maximum Gasteiger partial charge on any atom is 0.421 e. The number of carboxylic acid groups (broad SMARTS) is 1. The van der Waals surface area contributed by atoms with Crippen molar-refractivity contribution >= 4 is 22.3 Å². The Hall–Kier alpha value is -2.13. The molecule has 1 aromatic rings. The van der Waals surface area contributed by atoms with Gasteiger partial charge in [0.25, 0.3) is 0 Å². The van der Waals surface area contributed by atoms with E-state index in [-0.39, 0.29) is 18.7 Å². The van der Waals surface area contributed by atoms with Crippen molar-refractivity contribution < 1.29 is 27.9 Å². The molecule has 8 nitrogen and oxygen atoms in total. The fourth-order valence-corrected chi connectivity index (χ4v) is 2.18. The summed E-state index contributed by atoms with van der Waals surface area (Å²) in [4.78, 5) is 21.8. The van der Waals surface area contributed by atoms with Crippen LogP contribution in [0.2, 0.25) is 0 Å². The molecule has 9 heteroatoms. The minimum absolute atomic E-state index is 0.0192. The number of nitrogens with one attached hydrogen (secondary N) is 1. The third-order valence-electron chi connectivity index (χ3n) is 2.50. The van der Waals surface area contributed by atoms with Crippen molar-refractivity contribution in [3.8, 4) is 0 Å². The van der Waals surface area contributed by atoms with E-state index in [0.717, 1.165) is 4.31 Å². The van der Waals surface area contributed by atoms with Crippen molar-refractivity contribution in [3.63, 3.8) is 0 Å². The van der Waals surface area contributed by atoms with Gasteiger partial charge in [-0.15, -0.1) is 0 Å². The molecule has 0 aliphatic carbocycles. The van der Waals surface area contributed by atoms with Crippen LogP contribution in [0.15, 0.2) is 24.3 Å². The molecule has 0 saturated carbocycles. The average Bonchev–Trinajstić information content (AvgIpc) is 2.38. The van der Waals surface area contributed by atoms with E-state index in [2.05, 4.69) is 4.74 Å². The van der Waals surface area contributed by atoms with E-state index >= 15 is 0 Å². The number of carboxylic acids is 1. The molecule has 0 radical (unpaired) electrons. The molecule has 21 heavy (non-hydrogen) atoms. The first-order chi connectivity index (χ1) is 9.76. The monoisotopic (exact) mass is 316 g/mol. The minimum Gasteiger partial charge on any atom is -0.478 e. The summed E-state index contributed by atoms with van der Waals surface area (Å²) in [7, 11) is -2.73. The molecule has 0 unspecified atom stereocenters. The maximum absolute atomic E-state index is 11.8. The molecule has 0 fully saturated rings. The lowest BCUT2D eigenvalue weighted by Crippen LogP contribution is -2.41. The quantitative estimate of drug-likeness (QED) is 0.803. The smallest absolute Gasteiger partial charge is 0.421 e. The highest BCUT2D eigenvalue weighted by molar-refractivity contribution is 7.87.